The minimum Gasteiger partial charge on any atom is -0.407 e. The summed E-state index contributed by atoms with van der Waals surface area (Å²) in [5.74, 6) is 1.20. The number of nitrogens with one attached hydrogen (secondary N) is 1. The molecule has 1 aromatic rings. The van der Waals surface area contributed by atoms with E-state index in [4.69, 9.17) is 9.15 Å². The molecule has 0 spiro atoms. The van der Waals surface area contributed by atoms with E-state index in [1.165, 1.54) is 0 Å². The van der Waals surface area contributed by atoms with Gasteiger partial charge in [0, 0.05) is 25.7 Å². The van der Waals surface area contributed by atoms with Gasteiger partial charge in [-0.05, 0) is 33.1 Å². The fourth-order valence-electron chi connectivity index (χ4n) is 2.30. The lowest BCUT2D eigenvalue weighted by molar-refractivity contribution is 0.0485. The third-order valence-corrected chi connectivity index (χ3v) is 3.69. The Labute approximate surface area is 120 Å². The van der Waals surface area contributed by atoms with Crippen molar-refractivity contribution in [3.8, 4) is 0 Å². The number of hydrogen-bond donors (Lipinski definition) is 1. The number of aromatic nitrogens is 2. The normalized spacial score (nSPS) is 24.1. The van der Waals surface area contributed by atoms with Gasteiger partial charge in [0.1, 0.15) is 0 Å². The molecule has 1 aliphatic rings. The molecule has 2 rings (SSSR count). The number of ether oxygens (including phenoxy) is 1. The summed E-state index contributed by atoms with van der Waals surface area (Å²) in [5.41, 5.74) is 0.0380. The fraction of sp³-hybridized carbons (Fsp3) is 0.857. The van der Waals surface area contributed by atoms with Crippen LogP contribution in [0.25, 0.3) is 0 Å². The first-order valence-electron chi connectivity index (χ1n) is 7.24. The Hall–Kier alpha value is -1.14. The van der Waals surface area contributed by atoms with Gasteiger partial charge in [-0.1, -0.05) is 12.0 Å². The largest absolute Gasteiger partial charge is 0.407 e. The molecule has 6 heteroatoms. The third kappa shape index (κ3) is 3.93. The zero-order valence-corrected chi connectivity index (χ0v) is 13.1. The van der Waals surface area contributed by atoms with E-state index in [1.54, 1.807) is 7.11 Å². The van der Waals surface area contributed by atoms with E-state index in [1.807, 2.05) is 0 Å². The van der Waals surface area contributed by atoms with Crippen LogP contribution in [0.4, 0.5) is 6.01 Å². The smallest absolute Gasteiger partial charge is 0.318 e. The molecule has 1 fully saturated rings. The van der Waals surface area contributed by atoms with Gasteiger partial charge < -0.3 is 19.4 Å². The fourth-order valence-corrected chi connectivity index (χ4v) is 2.30. The van der Waals surface area contributed by atoms with Gasteiger partial charge in [-0.25, -0.2) is 0 Å². The molecule has 2 atom stereocenters. The molecule has 0 amide bonds. The average Bonchev–Trinajstić information content (AvgIpc) is 2.85. The van der Waals surface area contributed by atoms with Crippen LogP contribution in [0.15, 0.2) is 4.42 Å². The summed E-state index contributed by atoms with van der Waals surface area (Å²) in [5, 5.41) is 11.6. The van der Waals surface area contributed by atoms with Crippen LogP contribution in [-0.2, 0) is 11.3 Å². The number of hydrogen-bond acceptors (Lipinski definition) is 6. The van der Waals surface area contributed by atoms with Crippen molar-refractivity contribution in [3.63, 3.8) is 0 Å². The van der Waals surface area contributed by atoms with Gasteiger partial charge in [0.25, 0.3) is 0 Å². The van der Waals surface area contributed by atoms with Crippen LogP contribution in [0.1, 0.15) is 40.0 Å². The van der Waals surface area contributed by atoms with Gasteiger partial charge in [-0.3, -0.25) is 0 Å². The molecule has 0 aliphatic carbocycles. The molecule has 1 aliphatic heterocycles. The first kappa shape index (κ1) is 15.3. The molecule has 1 aromatic heterocycles. The molecule has 6 nitrogen and oxygen atoms in total. The molecule has 1 N–H and O–H groups in total. The van der Waals surface area contributed by atoms with Crippen LogP contribution in [0, 0.1) is 5.92 Å². The number of rotatable bonds is 4. The Bertz CT molecular complexity index is 427. The van der Waals surface area contributed by atoms with Crippen LogP contribution >= 0.6 is 0 Å². The summed E-state index contributed by atoms with van der Waals surface area (Å²) < 4.78 is 11.2. The van der Waals surface area contributed by atoms with Crippen LogP contribution < -0.4 is 10.2 Å². The van der Waals surface area contributed by atoms with Crippen LogP contribution in [0.5, 0.6) is 0 Å². The Kier molecular flexibility index (Phi) is 4.65. The molecule has 2 heterocycles. The highest BCUT2D eigenvalue weighted by Gasteiger charge is 2.28. The van der Waals surface area contributed by atoms with Gasteiger partial charge in [-0.15, -0.1) is 5.10 Å². The van der Waals surface area contributed by atoms with Crippen molar-refractivity contribution >= 4 is 6.01 Å². The summed E-state index contributed by atoms with van der Waals surface area (Å²) in [4.78, 5) is 2.11. The second-order valence-electron chi connectivity index (χ2n) is 6.57. The van der Waals surface area contributed by atoms with Crippen molar-refractivity contribution < 1.29 is 9.15 Å². The van der Waals surface area contributed by atoms with Crippen molar-refractivity contribution in [2.24, 2.45) is 5.92 Å². The van der Waals surface area contributed by atoms with Crippen LogP contribution in [0.2, 0.25) is 0 Å². The average molecular weight is 282 g/mol. The van der Waals surface area contributed by atoms with Gasteiger partial charge >= 0.3 is 6.01 Å². The van der Waals surface area contributed by atoms with Crippen LogP contribution in [-0.4, -0.2) is 42.0 Å². The van der Waals surface area contributed by atoms with E-state index in [0.717, 1.165) is 19.5 Å². The highest BCUT2D eigenvalue weighted by atomic mass is 16.5. The van der Waals surface area contributed by atoms with Gasteiger partial charge in [0.05, 0.1) is 12.6 Å². The first-order chi connectivity index (χ1) is 9.39. The van der Waals surface area contributed by atoms with E-state index < -0.39 is 0 Å². The molecule has 1 saturated heterocycles. The predicted molar refractivity (Wildman–Crippen MR) is 77.7 cm³/mol. The Morgan fingerprint density at radius 3 is 2.80 bits per heavy atom. The van der Waals surface area contributed by atoms with E-state index in [9.17, 15) is 0 Å². The minimum atomic E-state index is 0.0380. The second-order valence-corrected chi connectivity index (χ2v) is 6.57. The second kappa shape index (κ2) is 6.10. The number of nitrogens with zero attached hydrogens (tertiary/aromatic N) is 3. The lowest BCUT2D eigenvalue weighted by Gasteiger charge is -2.34. The topological polar surface area (TPSA) is 63.4 Å². The van der Waals surface area contributed by atoms with Crippen molar-refractivity contribution in [1.82, 2.24) is 15.5 Å². The maximum absolute atomic E-state index is 5.73. The lowest BCUT2D eigenvalue weighted by Crippen LogP contribution is -2.44. The van der Waals surface area contributed by atoms with Crippen molar-refractivity contribution in [3.05, 3.63) is 5.89 Å². The highest BCUT2D eigenvalue weighted by Crippen LogP contribution is 2.23. The van der Waals surface area contributed by atoms with E-state index in [2.05, 4.69) is 48.1 Å². The molecular formula is C14H26N4O2. The molecule has 0 aromatic carbocycles. The predicted octanol–water partition coefficient (Wildman–Crippen LogP) is 1.82. The summed E-state index contributed by atoms with van der Waals surface area (Å²) in [6.07, 6.45) is 1.31. The van der Waals surface area contributed by atoms with Crippen molar-refractivity contribution in [2.75, 3.05) is 25.1 Å². The zero-order chi connectivity index (χ0) is 14.8. The summed E-state index contributed by atoms with van der Waals surface area (Å²) >= 11 is 0. The number of piperidine rings is 1. The highest BCUT2D eigenvalue weighted by molar-refractivity contribution is 5.25. The van der Waals surface area contributed by atoms with Gasteiger partial charge in [0.15, 0.2) is 0 Å². The molecular weight excluding hydrogens is 256 g/mol. The minimum absolute atomic E-state index is 0.0380. The quantitative estimate of drug-likeness (QED) is 0.909. The van der Waals surface area contributed by atoms with E-state index in [-0.39, 0.29) is 11.6 Å². The van der Waals surface area contributed by atoms with Gasteiger partial charge in [0.2, 0.25) is 5.89 Å². The monoisotopic (exact) mass is 282 g/mol. The van der Waals surface area contributed by atoms with Crippen molar-refractivity contribution in [1.29, 1.82) is 0 Å². The maximum Gasteiger partial charge on any atom is 0.318 e. The summed E-state index contributed by atoms with van der Waals surface area (Å²) in [6.45, 7) is 10.9. The molecule has 0 bridgehead atoms. The molecule has 114 valence electrons. The zero-order valence-electron chi connectivity index (χ0n) is 13.1. The summed E-state index contributed by atoms with van der Waals surface area (Å²) in [6, 6.07) is 0.602. The van der Waals surface area contributed by atoms with E-state index >= 15 is 0 Å². The molecule has 0 saturated carbocycles. The Balaban J connectivity index is 1.95. The van der Waals surface area contributed by atoms with Gasteiger partial charge in [-0.2, -0.15) is 0 Å². The standard InChI is InChI=1S/C14H26N4O2/c1-10-6-7-18(9-11(10)19-5)13-17-16-12(20-13)8-15-14(2,3)4/h10-11,15H,6-9H2,1-5H3. The Morgan fingerprint density at radius 2 is 2.15 bits per heavy atom. The van der Waals surface area contributed by atoms with E-state index in [0.29, 0.717) is 24.4 Å². The summed E-state index contributed by atoms with van der Waals surface area (Å²) in [7, 11) is 1.76. The lowest BCUT2D eigenvalue weighted by atomic mass is 9.96. The molecule has 20 heavy (non-hydrogen) atoms. The molecule has 2 unspecified atom stereocenters. The van der Waals surface area contributed by atoms with Crippen LogP contribution in [0.3, 0.4) is 0 Å². The van der Waals surface area contributed by atoms with Crippen molar-refractivity contribution in [2.45, 2.75) is 52.3 Å². The third-order valence-electron chi connectivity index (χ3n) is 3.69. The Morgan fingerprint density at radius 1 is 1.40 bits per heavy atom. The number of anilines is 1. The SMILES string of the molecule is COC1CN(c2nnc(CNC(C)(C)C)o2)CCC1C. The number of methoxy groups -OCH3 is 1. The first-order valence-corrected chi connectivity index (χ1v) is 7.24. The molecule has 0 radical (unpaired) electrons. The maximum atomic E-state index is 5.73.